The minimum atomic E-state index is -0.445. The van der Waals surface area contributed by atoms with Crippen molar-refractivity contribution in [1.29, 1.82) is 0 Å². The predicted molar refractivity (Wildman–Crippen MR) is 123 cm³/mol. The zero-order chi connectivity index (χ0) is 18.5. The topological polar surface area (TPSA) is 35.9 Å². The summed E-state index contributed by atoms with van der Waals surface area (Å²) in [5.74, 6) is 0.891. The van der Waals surface area contributed by atoms with Gasteiger partial charge >= 0.3 is 0 Å². The maximum atomic E-state index is 10.4. The van der Waals surface area contributed by atoms with E-state index in [0.29, 0.717) is 13.2 Å². The summed E-state index contributed by atoms with van der Waals surface area (Å²) in [4.78, 5) is 4.83. The minimum Gasteiger partial charge on any atom is -0.491 e. The van der Waals surface area contributed by atoms with E-state index in [2.05, 4.69) is 52.3 Å². The van der Waals surface area contributed by atoms with E-state index in [1.807, 2.05) is 6.07 Å². The number of piperazine rings is 1. The zero-order valence-electron chi connectivity index (χ0n) is 16.8. The highest BCUT2D eigenvalue weighted by atomic mass is 35.5. The van der Waals surface area contributed by atoms with Crippen LogP contribution in [-0.4, -0.2) is 60.3 Å². The van der Waals surface area contributed by atoms with Crippen molar-refractivity contribution in [3.63, 3.8) is 0 Å². The Bertz CT molecular complexity index is 737. The van der Waals surface area contributed by atoms with E-state index in [0.717, 1.165) is 44.9 Å². The quantitative estimate of drug-likeness (QED) is 0.716. The van der Waals surface area contributed by atoms with Crippen molar-refractivity contribution in [2.24, 2.45) is 0 Å². The highest BCUT2D eigenvalue weighted by molar-refractivity contribution is 5.85. The molecule has 0 saturated carbocycles. The molecule has 0 aromatic heterocycles. The Kier molecular flexibility index (Phi) is 9.73. The number of aliphatic hydroxyl groups excluding tert-OH is 1. The molecule has 1 fully saturated rings. The van der Waals surface area contributed by atoms with Crippen LogP contribution < -0.4 is 4.74 Å². The van der Waals surface area contributed by atoms with Crippen molar-refractivity contribution < 1.29 is 9.84 Å². The fourth-order valence-corrected chi connectivity index (χ4v) is 4.15. The van der Waals surface area contributed by atoms with E-state index in [-0.39, 0.29) is 24.8 Å². The van der Waals surface area contributed by atoms with Gasteiger partial charge in [-0.1, -0.05) is 36.4 Å². The van der Waals surface area contributed by atoms with E-state index in [1.54, 1.807) is 0 Å². The van der Waals surface area contributed by atoms with Gasteiger partial charge in [0.15, 0.2) is 0 Å². The first kappa shape index (κ1) is 24.0. The highest BCUT2D eigenvalue weighted by Gasteiger charge is 2.20. The second kappa shape index (κ2) is 11.8. The third-order valence-electron chi connectivity index (χ3n) is 5.70. The third-order valence-corrected chi connectivity index (χ3v) is 5.70. The summed E-state index contributed by atoms with van der Waals surface area (Å²) in [5.41, 5.74) is 4.24. The molecule has 6 heteroatoms. The molecule has 0 spiro atoms. The van der Waals surface area contributed by atoms with Crippen molar-refractivity contribution in [3.8, 4) is 5.75 Å². The SMILES string of the molecule is Cl.Cl.OC(COc1ccc2c(c1)CCC2)CN1CCN(Cc2ccccc2)CC1. The van der Waals surface area contributed by atoms with Gasteiger partial charge in [-0.3, -0.25) is 9.80 Å². The van der Waals surface area contributed by atoms with Gasteiger partial charge in [0.1, 0.15) is 18.5 Å². The molecule has 2 aliphatic rings. The molecule has 2 aromatic carbocycles. The Morgan fingerprint density at radius 3 is 2.31 bits per heavy atom. The second-order valence-electron chi connectivity index (χ2n) is 7.81. The van der Waals surface area contributed by atoms with Gasteiger partial charge in [-0.25, -0.2) is 0 Å². The van der Waals surface area contributed by atoms with Gasteiger partial charge in [0.25, 0.3) is 0 Å². The van der Waals surface area contributed by atoms with Crippen LogP contribution in [0.4, 0.5) is 0 Å². The van der Waals surface area contributed by atoms with Crippen molar-refractivity contribution in [3.05, 3.63) is 65.2 Å². The lowest BCUT2D eigenvalue weighted by molar-refractivity contribution is 0.0446. The number of β-amino-alcohol motifs (C(OH)–C–C–N with tert-alkyl or cyclic N) is 1. The van der Waals surface area contributed by atoms with Crippen molar-refractivity contribution in [2.45, 2.75) is 31.9 Å². The zero-order valence-corrected chi connectivity index (χ0v) is 18.5. The molecule has 1 unspecified atom stereocenters. The van der Waals surface area contributed by atoms with Crippen molar-refractivity contribution >= 4 is 24.8 Å². The standard InChI is InChI=1S/C23H30N2O2.2ClH/c26-22(18-27-23-10-9-20-7-4-8-21(20)15-23)17-25-13-11-24(12-14-25)16-19-5-2-1-3-6-19;;/h1-3,5-6,9-10,15,22,26H,4,7-8,11-14,16-18H2;2*1H. The van der Waals surface area contributed by atoms with E-state index in [9.17, 15) is 5.11 Å². The van der Waals surface area contributed by atoms with Gasteiger partial charge in [0.05, 0.1) is 0 Å². The van der Waals surface area contributed by atoms with Gasteiger partial charge in [-0.05, 0) is 48.1 Å². The molecule has 4 nitrogen and oxygen atoms in total. The Hall–Kier alpha value is -1.30. The average molecular weight is 439 g/mol. The molecule has 160 valence electrons. The average Bonchev–Trinajstić information content (AvgIpc) is 3.17. The molecule has 1 atom stereocenters. The Labute approximate surface area is 186 Å². The van der Waals surface area contributed by atoms with Crippen LogP contribution in [-0.2, 0) is 19.4 Å². The summed E-state index contributed by atoms with van der Waals surface area (Å²) in [5, 5.41) is 10.4. The van der Waals surface area contributed by atoms with Crippen LogP contribution in [0.25, 0.3) is 0 Å². The molecule has 1 aliphatic carbocycles. The number of ether oxygens (including phenoxy) is 1. The molecule has 1 aliphatic heterocycles. The number of aliphatic hydroxyl groups is 1. The first-order chi connectivity index (χ1) is 13.3. The summed E-state index contributed by atoms with van der Waals surface area (Å²) >= 11 is 0. The third kappa shape index (κ3) is 6.87. The lowest BCUT2D eigenvalue weighted by Gasteiger charge is -2.35. The van der Waals surface area contributed by atoms with Crippen LogP contribution in [0.15, 0.2) is 48.5 Å². The number of halogens is 2. The normalized spacial score (nSPS) is 17.7. The molecule has 4 rings (SSSR count). The van der Waals surface area contributed by atoms with E-state index in [1.165, 1.54) is 29.5 Å². The molecule has 0 bridgehead atoms. The number of benzene rings is 2. The van der Waals surface area contributed by atoms with E-state index < -0.39 is 6.10 Å². The largest absolute Gasteiger partial charge is 0.491 e. The van der Waals surface area contributed by atoms with Crippen LogP contribution in [0.1, 0.15) is 23.1 Å². The second-order valence-corrected chi connectivity index (χ2v) is 7.81. The maximum Gasteiger partial charge on any atom is 0.119 e. The number of hydrogen-bond donors (Lipinski definition) is 1. The number of hydrogen-bond acceptors (Lipinski definition) is 4. The molecular weight excluding hydrogens is 407 g/mol. The van der Waals surface area contributed by atoms with Gasteiger partial charge < -0.3 is 9.84 Å². The predicted octanol–water partition coefficient (Wildman–Crippen LogP) is 3.58. The number of nitrogens with zero attached hydrogens (tertiary/aromatic N) is 2. The summed E-state index contributed by atoms with van der Waals surface area (Å²) in [6, 6.07) is 17.0. The summed E-state index contributed by atoms with van der Waals surface area (Å²) in [6.45, 7) is 6.16. The minimum absolute atomic E-state index is 0. The number of rotatable bonds is 7. The molecule has 1 N–H and O–H groups in total. The monoisotopic (exact) mass is 438 g/mol. The van der Waals surface area contributed by atoms with Gasteiger partial charge in [-0.15, -0.1) is 24.8 Å². The maximum absolute atomic E-state index is 10.4. The van der Waals surface area contributed by atoms with Crippen LogP contribution in [0.5, 0.6) is 5.75 Å². The summed E-state index contributed by atoms with van der Waals surface area (Å²) in [7, 11) is 0. The van der Waals surface area contributed by atoms with Gasteiger partial charge in [-0.2, -0.15) is 0 Å². The summed E-state index contributed by atoms with van der Waals surface area (Å²) < 4.78 is 5.85. The fourth-order valence-electron chi connectivity index (χ4n) is 4.15. The molecule has 1 heterocycles. The smallest absolute Gasteiger partial charge is 0.119 e. The summed E-state index contributed by atoms with van der Waals surface area (Å²) in [6.07, 6.45) is 3.15. The Balaban J connectivity index is 0.00000150. The first-order valence-electron chi connectivity index (χ1n) is 10.2. The lowest BCUT2D eigenvalue weighted by Crippen LogP contribution is -2.48. The van der Waals surface area contributed by atoms with Crippen LogP contribution >= 0.6 is 24.8 Å². The van der Waals surface area contributed by atoms with Gasteiger partial charge in [0.2, 0.25) is 0 Å². The van der Waals surface area contributed by atoms with Gasteiger partial charge in [0, 0.05) is 39.3 Å². The van der Waals surface area contributed by atoms with E-state index >= 15 is 0 Å². The lowest BCUT2D eigenvalue weighted by atomic mass is 10.1. The molecular formula is C23H32Cl2N2O2. The molecule has 1 saturated heterocycles. The van der Waals surface area contributed by atoms with Crippen molar-refractivity contribution in [2.75, 3.05) is 39.3 Å². The van der Waals surface area contributed by atoms with Crippen LogP contribution in [0.2, 0.25) is 0 Å². The first-order valence-corrected chi connectivity index (χ1v) is 10.2. The molecule has 0 radical (unpaired) electrons. The van der Waals surface area contributed by atoms with Crippen LogP contribution in [0, 0.1) is 0 Å². The number of fused-ring (bicyclic) bond motifs is 1. The Morgan fingerprint density at radius 1 is 0.862 bits per heavy atom. The van der Waals surface area contributed by atoms with Crippen LogP contribution in [0.3, 0.4) is 0 Å². The Morgan fingerprint density at radius 2 is 1.55 bits per heavy atom. The highest BCUT2D eigenvalue weighted by Crippen LogP contribution is 2.26. The molecule has 2 aromatic rings. The van der Waals surface area contributed by atoms with E-state index in [4.69, 9.17) is 4.74 Å². The molecule has 0 amide bonds. The fraction of sp³-hybridized carbons (Fsp3) is 0.478. The van der Waals surface area contributed by atoms with Crippen molar-refractivity contribution in [1.82, 2.24) is 9.80 Å². The molecule has 29 heavy (non-hydrogen) atoms. The number of aryl methyl sites for hydroxylation is 2.